The van der Waals surface area contributed by atoms with Crippen molar-refractivity contribution < 1.29 is 14.3 Å². The number of carboxylic acid groups (broad SMARTS) is 1. The Kier molecular flexibility index (Phi) is 6.46. The molecule has 0 bridgehead atoms. The van der Waals surface area contributed by atoms with E-state index in [2.05, 4.69) is 14.4 Å². The molecule has 190 valence electrons. The Morgan fingerprint density at radius 1 is 0.889 bits per heavy atom. The predicted octanol–water partition coefficient (Wildman–Crippen LogP) is 6.50. The summed E-state index contributed by atoms with van der Waals surface area (Å²) < 4.78 is 17.1. The van der Waals surface area contributed by atoms with Gasteiger partial charge in [-0.05, 0) is 80.6 Å². The summed E-state index contributed by atoms with van der Waals surface area (Å²) in [6.45, 7) is 5.85. The molecule has 3 aliphatic rings. The van der Waals surface area contributed by atoms with Crippen molar-refractivity contribution in [2.45, 2.75) is 63.8 Å². The van der Waals surface area contributed by atoms with E-state index < -0.39 is 5.97 Å². The van der Waals surface area contributed by atoms with Gasteiger partial charge >= 0.3 is 5.97 Å². The molecule has 6 heteroatoms. The number of fused-ring (bicyclic) bond motifs is 5. The van der Waals surface area contributed by atoms with E-state index in [-0.39, 0.29) is 5.82 Å². The van der Waals surface area contributed by atoms with Crippen molar-refractivity contribution in [1.29, 1.82) is 0 Å². The van der Waals surface area contributed by atoms with Crippen LogP contribution >= 0.6 is 0 Å². The van der Waals surface area contributed by atoms with Crippen LogP contribution in [0.1, 0.15) is 73.2 Å². The van der Waals surface area contributed by atoms with E-state index in [0.717, 1.165) is 66.9 Å². The molecule has 1 saturated heterocycles. The summed E-state index contributed by atoms with van der Waals surface area (Å²) in [5, 5.41) is 10.9. The fraction of sp³-hybridized carbons (Fsp3) is 0.500. The van der Waals surface area contributed by atoms with Crippen molar-refractivity contribution in [3.05, 3.63) is 53.3 Å². The summed E-state index contributed by atoms with van der Waals surface area (Å²) in [7, 11) is 0. The van der Waals surface area contributed by atoms with E-state index in [0.29, 0.717) is 11.5 Å². The lowest BCUT2D eigenvalue weighted by Crippen LogP contribution is -2.38. The molecular weight excluding hydrogens is 453 g/mol. The zero-order chi connectivity index (χ0) is 24.6. The molecule has 0 spiro atoms. The molecule has 3 aromatic rings. The number of halogens is 1. The highest BCUT2D eigenvalue weighted by molar-refractivity contribution is 5.99. The maximum Gasteiger partial charge on any atom is 0.335 e. The first-order valence-corrected chi connectivity index (χ1v) is 13.8. The van der Waals surface area contributed by atoms with Crippen molar-refractivity contribution >= 4 is 22.6 Å². The molecule has 0 atom stereocenters. The molecule has 1 aromatic heterocycles. The van der Waals surface area contributed by atoms with Crippen molar-refractivity contribution in [2.75, 3.05) is 37.6 Å². The number of hydrogen-bond acceptors (Lipinski definition) is 3. The Labute approximate surface area is 212 Å². The fourth-order valence-electron chi connectivity index (χ4n) is 6.83. The van der Waals surface area contributed by atoms with Gasteiger partial charge < -0.3 is 19.5 Å². The zero-order valence-corrected chi connectivity index (χ0v) is 21.0. The topological polar surface area (TPSA) is 48.7 Å². The molecule has 5 nitrogen and oxygen atoms in total. The number of benzene rings is 2. The van der Waals surface area contributed by atoms with Crippen LogP contribution < -0.4 is 4.90 Å². The Balaban J connectivity index is 1.49. The highest BCUT2D eigenvalue weighted by atomic mass is 19.1. The first kappa shape index (κ1) is 23.5. The van der Waals surface area contributed by atoms with Crippen LogP contribution in [0.2, 0.25) is 0 Å². The molecule has 6 rings (SSSR count). The van der Waals surface area contributed by atoms with E-state index in [9.17, 15) is 14.3 Å². The lowest BCUT2D eigenvalue weighted by Gasteiger charge is -2.31. The standard InChI is InChI=1S/C30H36FN3O2/c31-23-10-12-26-25(20-23)29-28(21-7-3-1-4-8-21)24-11-9-22(30(35)36)19-27(24)34(29)18-17-33(26)16-15-32-13-5-2-6-14-32/h9-12,19-21H,1-8,13-18H2,(H,35,36). The fourth-order valence-corrected chi connectivity index (χ4v) is 6.83. The number of carboxylic acids is 1. The smallest absolute Gasteiger partial charge is 0.335 e. The number of aromatic nitrogens is 1. The highest BCUT2D eigenvalue weighted by Gasteiger charge is 2.31. The third-order valence-corrected chi connectivity index (χ3v) is 8.65. The number of rotatable bonds is 5. The molecule has 0 amide bonds. The van der Waals surface area contributed by atoms with Crippen LogP contribution in [0, 0.1) is 5.82 Å². The van der Waals surface area contributed by atoms with Gasteiger partial charge in [0.25, 0.3) is 0 Å². The Morgan fingerprint density at radius 2 is 1.67 bits per heavy atom. The van der Waals surface area contributed by atoms with Gasteiger partial charge in [-0.15, -0.1) is 0 Å². The number of anilines is 1. The van der Waals surface area contributed by atoms with Crippen LogP contribution in [0.4, 0.5) is 10.1 Å². The maximum atomic E-state index is 14.8. The van der Waals surface area contributed by atoms with E-state index in [1.807, 2.05) is 18.2 Å². The summed E-state index contributed by atoms with van der Waals surface area (Å²) >= 11 is 0. The number of nitrogens with zero attached hydrogens (tertiary/aromatic N) is 3. The van der Waals surface area contributed by atoms with Crippen molar-refractivity contribution in [3.8, 4) is 11.3 Å². The molecule has 2 aromatic carbocycles. The SMILES string of the molecule is O=C(O)c1ccc2c(C3CCCCC3)c3n(c2c1)CCN(CCN1CCCCC1)c1ccc(F)cc1-3. The summed E-state index contributed by atoms with van der Waals surface area (Å²) in [6, 6.07) is 10.8. The minimum absolute atomic E-state index is 0.218. The second-order valence-corrected chi connectivity index (χ2v) is 10.8. The van der Waals surface area contributed by atoms with Gasteiger partial charge in [0, 0.05) is 48.3 Å². The Morgan fingerprint density at radius 3 is 2.44 bits per heavy atom. The van der Waals surface area contributed by atoms with E-state index in [4.69, 9.17) is 0 Å². The van der Waals surface area contributed by atoms with Gasteiger partial charge in [0.05, 0.1) is 11.3 Å². The minimum atomic E-state index is -0.908. The quantitative estimate of drug-likeness (QED) is 0.444. The van der Waals surface area contributed by atoms with Gasteiger partial charge in [-0.3, -0.25) is 0 Å². The van der Waals surface area contributed by atoms with Crippen LogP contribution in [0.15, 0.2) is 36.4 Å². The molecule has 0 radical (unpaired) electrons. The summed E-state index contributed by atoms with van der Waals surface area (Å²) in [5.41, 5.74) is 5.74. The van der Waals surface area contributed by atoms with Crippen LogP contribution in [0.25, 0.3) is 22.2 Å². The lowest BCUT2D eigenvalue weighted by molar-refractivity contribution is 0.0697. The normalized spacial score (nSPS) is 19.2. The average molecular weight is 490 g/mol. The molecule has 1 N–H and O–H groups in total. The van der Waals surface area contributed by atoms with E-state index in [1.54, 1.807) is 18.2 Å². The minimum Gasteiger partial charge on any atom is -0.478 e. The van der Waals surface area contributed by atoms with Crippen LogP contribution in [-0.2, 0) is 6.54 Å². The maximum absolute atomic E-state index is 14.8. The third kappa shape index (κ3) is 4.30. The number of likely N-dealkylation sites (tertiary alicyclic amines) is 1. The number of aromatic carboxylic acids is 1. The largest absolute Gasteiger partial charge is 0.478 e. The molecule has 1 aliphatic carbocycles. The summed E-state index contributed by atoms with van der Waals surface area (Å²) in [6.07, 6.45) is 9.83. The molecule has 2 fully saturated rings. The lowest BCUT2D eigenvalue weighted by atomic mass is 9.81. The average Bonchev–Trinajstić information content (AvgIpc) is 3.14. The van der Waals surface area contributed by atoms with Gasteiger partial charge in [0.1, 0.15) is 5.82 Å². The van der Waals surface area contributed by atoms with E-state index in [1.165, 1.54) is 57.2 Å². The number of hydrogen-bond donors (Lipinski definition) is 1. The first-order chi connectivity index (χ1) is 17.6. The van der Waals surface area contributed by atoms with Crippen molar-refractivity contribution in [2.24, 2.45) is 0 Å². The van der Waals surface area contributed by atoms with E-state index >= 15 is 0 Å². The molecule has 2 aliphatic heterocycles. The second kappa shape index (κ2) is 9.89. The van der Waals surface area contributed by atoms with Crippen molar-refractivity contribution in [1.82, 2.24) is 9.47 Å². The molecular formula is C30H36FN3O2. The molecule has 0 unspecified atom stereocenters. The second-order valence-electron chi connectivity index (χ2n) is 10.8. The number of carbonyl (C=O) groups is 1. The zero-order valence-electron chi connectivity index (χ0n) is 21.0. The highest BCUT2D eigenvalue weighted by Crippen LogP contribution is 2.47. The van der Waals surface area contributed by atoms with Gasteiger partial charge in [0.2, 0.25) is 0 Å². The third-order valence-electron chi connectivity index (χ3n) is 8.65. The first-order valence-electron chi connectivity index (χ1n) is 13.8. The van der Waals surface area contributed by atoms with Crippen molar-refractivity contribution in [3.63, 3.8) is 0 Å². The summed E-state index contributed by atoms with van der Waals surface area (Å²) in [5.74, 6) is -0.705. The molecule has 36 heavy (non-hydrogen) atoms. The Hall–Kier alpha value is -2.86. The van der Waals surface area contributed by atoms with Crippen LogP contribution in [0.3, 0.4) is 0 Å². The monoisotopic (exact) mass is 489 g/mol. The van der Waals surface area contributed by atoms with Gasteiger partial charge in [0.15, 0.2) is 0 Å². The van der Waals surface area contributed by atoms with Gasteiger partial charge in [-0.1, -0.05) is 31.7 Å². The van der Waals surface area contributed by atoms with Gasteiger partial charge in [-0.25, -0.2) is 9.18 Å². The predicted molar refractivity (Wildman–Crippen MR) is 143 cm³/mol. The molecule has 3 heterocycles. The Bertz CT molecular complexity index is 1270. The van der Waals surface area contributed by atoms with Gasteiger partial charge in [-0.2, -0.15) is 0 Å². The molecule has 1 saturated carbocycles. The summed E-state index contributed by atoms with van der Waals surface area (Å²) in [4.78, 5) is 16.8. The van der Waals surface area contributed by atoms with Crippen LogP contribution in [0.5, 0.6) is 0 Å². The number of piperidine rings is 1. The van der Waals surface area contributed by atoms with Crippen LogP contribution in [-0.4, -0.2) is 53.3 Å².